The van der Waals surface area contributed by atoms with Crippen molar-refractivity contribution in [3.8, 4) is 5.75 Å². The number of benzene rings is 1. The van der Waals surface area contributed by atoms with Gasteiger partial charge in [-0.25, -0.2) is 27.5 Å². The summed E-state index contributed by atoms with van der Waals surface area (Å²) in [7, 11) is 0. The number of ether oxygens (including phenoxy) is 1. The molecule has 0 saturated carbocycles. The minimum absolute atomic E-state index is 0.117. The van der Waals surface area contributed by atoms with E-state index in [0.717, 1.165) is 18.6 Å². The van der Waals surface area contributed by atoms with E-state index in [0.29, 0.717) is 31.7 Å². The Balaban J connectivity index is 1.37. The Labute approximate surface area is 187 Å². The van der Waals surface area contributed by atoms with Crippen LogP contribution in [0.15, 0.2) is 36.7 Å². The van der Waals surface area contributed by atoms with Crippen LogP contribution in [0.2, 0.25) is 0 Å². The van der Waals surface area contributed by atoms with E-state index in [9.17, 15) is 18.0 Å². The van der Waals surface area contributed by atoms with Crippen LogP contribution in [0.5, 0.6) is 5.75 Å². The number of aromatic nitrogens is 3. The molecule has 2 fully saturated rings. The van der Waals surface area contributed by atoms with Crippen LogP contribution in [0, 0.1) is 11.6 Å². The van der Waals surface area contributed by atoms with Gasteiger partial charge in [0.1, 0.15) is 23.6 Å². The molecule has 4 heterocycles. The number of anilines is 1. The minimum Gasteiger partial charge on any atom is -0.405 e. The largest absolute Gasteiger partial charge is 0.413 e. The molecule has 0 unspecified atom stereocenters. The zero-order valence-electron chi connectivity index (χ0n) is 17.7. The Morgan fingerprint density at radius 1 is 1.24 bits per heavy atom. The number of rotatable bonds is 4. The summed E-state index contributed by atoms with van der Waals surface area (Å²) in [6.45, 7) is 1.40. The van der Waals surface area contributed by atoms with Crippen LogP contribution in [0.1, 0.15) is 30.9 Å². The molecular weight excluding hydrogens is 437 g/mol. The van der Waals surface area contributed by atoms with Crippen molar-refractivity contribution < 1.29 is 22.7 Å². The van der Waals surface area contributed by atoms with Crippen molar-refractivity contribution >= 4 is 17.6 Å². The van der Waals surface area contributed by atoms with Crippen LogP contribution in [-0.2, 0) is 0 Å². The zero-order chi connectivity index (χ0) is 22.9. The zero-order valence-corrected chi connectivity index (χ0v) is 17.7. The molecule has 8 nitrogen and oxygen atoms in total. The van der Waals surface area contributed by atoms with Crippen LogP contribution in [0.25, 0.3) is 5.65 Å². The smallest absolute Gasteiger partial charge is 0.405 e. The predicted octanol–water partition coefficient (Wildman–Crippen LogP) is 3.14. The molecular formula is C22H23F3N6O2. The fourth-order valence-corrected chi connectivity index (χ4v) is 4.47. The summed E-state index contributed by atoms with van der Waals surface area (Å²) in [5, 5.41) is 9.62. The molecule has 0 radical (unpaired) electrons. The van der Waals surface area contributed by atoms with Gasteiger partial charge in [-0.15, -0.1) is 0 Å². The van der Waals surface area contributed by atoms with Gasteiger partial charge in [-0.3, -0.25) is 0 Å². The summed E-state index contributed by atoms with van der Waals surface area (Å²) in [6, 6.07) is 4.17. The van der Waals surface area contributed by atoms with Gasteiger partial charge in [-0.05, 0) is 50.1 Å². The van der Waals surface area contributed by atoms with Gasteiger partial charge < -0.3 is 20.3 Å². The highest BCUT2D eigenvalue weighted by molar-refractivity contribution is 5.73. The van der Waals surface area contributed by atoms with Gasteiger partial charge in [0.25, 0.3) is 0 Å². The maximum Gasteiger partial charge on any atom is 0.413 e. The van der Waals surface area contributed by atoms with Crippen LogP contribution >= 0.6 is 0 Å². The number of alkyl halides is 1. The van der Waals surface area contributed by atoms with Crippen molar-refractivity contribution in [1.29, 1.82) is 0 Å². The van der Waals surface area contributed by atoms with E-state index in [2.05, 4.69) is 20.7 Å². The van der Waals surface area contributed by atoms with E-state index >= 15 is 0 Å². The standard InChI is InChI=1S/C22H23F3N6O2/c23-13-3-4-15(24)14(10-13)18-2-1-8-30(18)20-6-9-31-21(29-20)19(12-27-31)33-22(32)28-17-5-7-26-11-16(17)25/h3-4,6,9-10,12,16-18,26H,1-2,5,7-8,11H2,(H,28,32)/t16-,17+,18+/m0/s1. The van der Waals surface area contributed by atoms with Crippen molar-refractivity contribution in [2.24, 2.45) is 0 Å². The number of carbonyl (C=O) groups is 1. The lowest BCUT2D eigenvalue weighted by atomic mass is 10.0. The highest BCUT2D eigenvalue weighted by Gasteiger charge is 2.30. The SMILES string of the molecule is O=C(N[C@@H]1CCNC[C@@H]1F)Oc1cnn2ccc(N3CCC[C@@H]3c3cc(F)ccc3F)nc12. The Kier molecular flexibility index (Phi) is 5.79. The van der Waals surface area contributed by atoms with E-state index in [4.69, 9.17) is 4.74 Å². The predicted molar refractivity (Wildman–Crippen MR) is 114 cm³/mol. The van der Waals surface area contributed by atoms with Crippen molar-refractivity contribution in [2.75, 3.05) is 24.5 Å². The maximum absolute atomic E-state index is 14.4. The lowest BCUT2D eigenvalue weighted by Crippen LogP contribution is -2.51. The van der Waals surface area contributed by atoms with Crippen LogP contribution in [0.3, 0.4) is 0 Å². The number of piperidine rings is 1. The third-order valence-electron chi connectivity index (χ3n) is 6.10. The minimum atomic E-state index is -1.20. The number of amides is 1. The molecule has 11 heteroatoms. The number of hydrogen-bond acceptors (Lipinski definition) is 6. The van der Waals surface area contributed by atoms with Gasteiger partial charge in [0.15, 0.2) is 5.75 Å². The number of halogens is 3. The third kappa shape index (κ3) is 4.32. The highest BCUT2D eigenvalue weighted by atomic mass is 19.1. The molecule has 0 bridgehead atoms. The molecule has 174 valence electrons. The van der Waals surface area contributed by atoms with E-state index in [1.165, 1.54) is 16.8 Å². The Hall–Kier alpha value is -3.34. The van der Waals surface area contributed by atoms with Gasteiger partial charge in [0.05, 0.1) is 18.3 Å². The lowest BCUT2D eigenvalue weighted by Gasteiger charge is -2.27. The van der Waals surface area contributed by atoms with Crippen LogP contribution < -0.4 is 20.3 Å². The van der Waals surface area contributed by atoms with E-state index in [-0.39, 0.29) is 29.5 Å². The highest BCUT2D eigenvalue weighted by Crippen LogP contribution is 2.37. The third-order valence-corrected chi connectivity index (χ3v) is 6.10. The molecule has 0 aliphatic carbocycles. The first-order chi connectivity index (χ1) is 16.0. The van der Waals surface area contributed by atoms with Gasteiger partial charge in [-0.2, -0.15) is 5.10 Å². The van der Waals surface area contributed by atoms with Crippen molar-refractivity contribution in [1.82, 2.24) is 25.2 Å². The topological polar surface area (TPSA) is 83.8 Å². The molecule has 33 heavy (non-hydrogen) atoms. The van der Waals surface area contributed by atoms with E-state index < -0.39 is 29.9 Å². The molecule has 2 aliphatic rings. The summed E-state index contributed by atoms with van der Waals surface area (Å²) < 4.78 is 49.0. The quantitative estimate of drug-likeness (QED) is 0.623. The molecule has 1 aromatic carbocycles. The van der Waals surface area contributed by atoms with Gasteiger partial charge in [0, 0.05) is 24.8 Å². The average Bonchev–Trinajstić information content (AvgIpc) is 3.44. The summed E-state index contributed by atoms with van der Waals surface area (Å²) in [5.74, 6) is -0.320. The van der Waals surface area contributed by atoms with Crippen LogP contribution in [-0.4, -0.2) is 52.5 Å². The Morgan fingerprint density at radius 3 is 2.97 bits per heavy atom. The van der Waals surface area contributed by atoms with E-state index in [1.54, 1.807) is 12.3 Å². The maximum atomic E-state index is 14.4. The van der Waals surface area contributed by atoms with Crippen molar-refractivity contribution in [3.63, 3.8) is 0 Å². The molecule has 2 saturated heterocycles. The number of hydrogen-bond donors (Lipinski definition) is 2. The van der Waals surface area contributed by atoms with Gasteiger partial charge >= 0.3 is 6.09 Å². The summed E-state index contributed by atoms with van der Waals surface area (Å²) >= 11 is 0. The second-order valence-corrected chi connectivity index (χ2v) is 8.23. The van der Waals surface area contributed by atoms with Crippen molar-refractivity contribution in [3.05, 3.63) is 53.9 Å². The second kappa shape index (κ2) is 8.89. The Bertz CT molecular complexity index is 1170. The van der Waals surface area contributed by atoms with Gasteiger partial charge in [-0.1, -0.05) is 0 Å². The summed E-state index contributed by atoms with van der Waals surface area (Å²) in [5.41, 5.74) is 0.566. The number of fused-ring (bicyclic) bond motifs is 1. The average molecular weight is 460 g/mol. The molecule has 3 atom stereocenters. The molecule has 2 aromatic heterocycles. The molecule has 2 N–H and O–H groups in total. The molecule has 2 aliphatic heterocycles. The lowest BCUT2D eigenvalue weighted by molar-refractivity contribution is 0.168. The fraction of sp³-hybridized carbons (Fsp3) is 0.409. The molecule has 3 aromatic rings. The first-order valence-corrected chi connectivity index (χ1v) is 10.9. The van der Waals surface area contributed by atoms with Crippen molar-refractivity contribution in [2.45, 2.75) is 37.5 Å². The molecule has 0 spiro atoms. The number of carbonyl (C=O) groups excluding carboxylic acids is 1. The normalized spacial score (nSPS) is 23.1. The van der Waals surface area contributed by atoms with Crippen LogP contribution in [0.4, 0.5) is 23.8 Å². The summed E-state index contributed by atoms with van der Waals surface area (Å²) in [6.07, 6.45) is 2.93. The number of nitrogens with one attached hydrogen (secondary N) is 2. The van der Waals surface area contributed by atoms with Gasteiger partial charge in [0.2, 0.25) is 5.65 Å². The molecule has 1 amide bonds. The Morgan fingerprint density at radius 2 is 2.12 bits per heavy atom. The summed E-state index contributed by atoms with van der Waals surface area (Å²) in [4.78, 5) is 18.8. The van der Waals surface area contributed by atoms with E-state index in [1.807, 2.05) is 4.90 Å². The monoisotopic (exact) mass is 460 g/mol. The first kappa shape index (κ1) is 21.5. The number of nitrogens with zero attached hydrogens (tertiary/aromatic N) is 4. The molecule has 5 rings (SSSR count). The fourth-order valence-electron chi connectivity index (χ4n) is 4.47. The second-order valence-electron chi connectivity index (χ2n) is 8.23. The first-order valence-electron chi connectivity index (χ1n) is 10.9.